The first-order chi connectivity index (χ1) is 38.5. The molecule has 4 aliphatic rings. The van der Waals surface area contributed by atoms with Gasteiger partial charge >= 0.3 is 12.2 Å². The van der Waals surface area contributed by atoms with Crippen LogP contribution in [0.15, 0.2) is 41.9 Å². The number of piperazine rings is 1. The van der Waals surface area contributed by atoms with E-state index in [1.54, 1.807) is 16.8 Å². The molecule has 0 spiro atoms. The van der Waals surface area contributed by atoms with Gasteiger partial charge in [-0.25, -0.2) is 14.4 Å². The van der Waals surface area contributed by atoms with Crippen LogP contribution in [0.25, 0.3) is 32.6 Å². The molecule has 5 aromatic rings. The van der Waals surface area contributed by atoms with Gasteiger partial charge in [0, 0.05) is 69.1 Å². The molecule has 3 amide bonds. The number of nitrogens with two attached hydrogens (primary N) is 1. The quantitative estimate of drug-likeness (QED) is 0.0350. The third-order valence-corrected chi connectivity index (χ3v) is 16.9. The number of rotatable bonds is 21. The van der Waals surface area contributed by atoms with Crippen LogP contribution in [0.4, 0.5) is 29.2 Å². The van der Waals surface area contributed by atoms with E-state index in [4.69, 9.17) is 36.5 Å². The van der Waals surface area contributed by atoms with Gasteiger partial charge in [0.2, 0.25) is 17.7 Å². The Morgan fingerprint density at radius 3 is 2.36 bits per heavy atom. The number of aryl methyl sites for hydroxylation is 2. The Morgan fingerprint density at radius 1 is 0.963 bits per heavy atom. The predicted molar refractivity (Wildman–Crippen MR) is 301 cm³/mol. The largest absolute Gasteiger partial charge is 0.462 e. The first kappa shape index (κ1) is 59.8. The van der Waals surface area contributed by atoms with Gasteiger partial charge in [-0.1, -0.05) is 56.6 Å². The van der Waals surface area contributed by atoms with E-state index in [0.717, 1.165) is 60.0 Å². The second-order valence-electron chi connectivity index (χ2n) is 22.8. The lowest BCUT2D eigenvalue weighted by atomic mass is 9.85. The zero-order chi connectivity index (χ0) is 57.9. The molecular weight excluding hydrogens is 1090 g/mol. The number of ether oxygens (including phenoxy) is 3. The highest BCUT2D eigenvalue weighted by Gasteiger charge is 2.45. The summed E-state index contributed by atoms with van der Waals surface area (Å²) in [5.74, 6) is -2.16. The van der Waals surface area contributed by atoms with Crippen LogP contribution in [-0.2, 0) is 30.0 Å². The van der Waals surface area contributed by atoms with Crippen molar-refractivity contribution in [3.8, 4) is 27.7 Å². The molecule has 81 heavy (non-hydrogen) atoms. The Balaban J connectivity index is 0.733. The van der Waals surface area contributed by atoms with Crippen molar-refractivity contribution in [2.45, 2.75) is 135 Å². The first-order valence-corrected chi connectivity index (χ1v) is 29.0. The average Bonchev–Trinajstić information content (AvgIpc) is 3.90. The Bertz CT molecular complexity index is 3060. The molecular formula is C57H72ClF4N11O7S. The van der Waals surface area contributed by atoms with Gasteiger partial charge in [-0.15, -0.1) is 11.3 Å². The normalized spacial score (nSPS) is 21.2. The summed E-state index contributed by atoms with van der Waals surface area (Å²) in [5.41, 5.74) is 6.96. The van der Waals surface area contributed by atoms with E-state index in [0.29, 0.717) is 45.1 Å². The fraction of sp³-hybridized carbons (Fsp3) is 0.561. The maximum Gasteiger partial charge on any atom is 0.418 e. The highest BCUT2D eigenvalue weighted by molar-refractivity contribution is 7.13. The van der Waals surface area contributed by atoms with Gasteiger partial charge < -0.3 is 50.8 Å². The van der Waals surface area contributed by atoms with Crippen LogP contribution < -0.4 is 31.3 Å². The topological polar surface area (TPSA) is 223 Å². The summed E-state index contributed by atoms with van der Waals surface area (Å²) < 4.78 is 78.3. The minimum absolute atomic E-state index is 0.0144. The number of nitrogen functional groups attached to an aromatic ring is 1. The first-order valence-electron chi connectivity index (χ1n) is 27.7. The molecule has 3 aromatic heterocycles. The van der Waals surface area contributed by atoms with E-state index in [1.807, 2.05) is 63.8 Å². The lowest BCUT2D eigenvalue weighted by molar-refractivity contribution is -0.144. The Hall–Kier alpha value is -5.82. The van der Waals surface area contributed by atoms with Crippen molar-refractivity contribution < 1.29 is 51.3 Å². The number of aromatic nitrogens is 4. The van der Waals surface area contributed by atoms with E-state index < -0.39 is 64.2 Å². The third kappa shape index (κ3) is 14.0. The van der Waals surface area contributed by atoms with Crippen molar-refractivity contribution in [3.63, 3.8) is 0 Å². The van der Waals surface area contributed by atoms with Crippen LogP contribution in [0, 0.1) is 25.1 Å². The number of benzene rings is 2. The molecule has 4 aliphatic heterocycles. The molecule has 7 heterocycles. The van der Waals surface area contributed by atoms with Crippen molar-refractivity contribution in [2.24, 2.45) is 5.41 Å². The van der Waals surface area contributed by atoms with Gasteiger partial charge in [0.25, 0.3) is 0 Å². The summed E-state index contributed by atoms with van der Waals surface area (Å²) in [4.78, 5) is 65.4. The third-order valence-electron chi connectivity index (χ3n) is 15.7. The summed E-state index contributed by atoms with van der Waals surface area (Å²) in [6.45, 7) is 14.4. The van der Waals surface area contributed by atoms with Crippen molar-refractivity contribution in [2.75, 3.05) is 76.4 Å². The van der Waals surface area contributed by atoms with Crippen LogP contribution >= 0.6 is 22.9 Å². The van der Waals surface area contributed by atoms with Crippen molar-refractivity contribution >= 4 is 63.2 Å². The molecule has 2 aromatic carbocycles. The average molecular weight is 1170 g/mol. The number of anilines is 2. The number of pyridine rings is 1. The Labute approximate surface area is 477 Å². The lowest BCUT2D eigenvalue weighted by Crippen LogP contribution is -2.58. The standard InChI is InChI=1S/C57H72ClF4N11O7S/c1-31-23-43(63)67-49(46(31)57(60,61)62)45-41(58)25-40-48(47(45)59)69-55(70-52(40)72-26-36-14-15-37(27-72)66-36)80-29-38-9-7-17-71(38)18-8-19-78-21-22-79-20-16-44(75)68-51(56(4,5)6)54(77)73-28-39(74)24-42(73)53(76)65-32(2)34-10-12-35(13-11-34)50-33(3)64-30-81-50/h10-13,23,25,30,32,36-39,42,51,66,74H,7-9,14-22,24,26-29H2,1-6H3,(H2,63,67)(H,65,76)(H,68,75)/t32-,36?,37?,38-,39+,42-,51+/m0/s1. The molecule has 2 unspecified atom stereocenters. The summed E-state index contributed by atoms with van der Waals surface area (Å²) in [7, 11) is 0. The van der Waals surface area contributed by atoms with Gasteiger partial charge in [-0.05, 0) is 93.7 Å². The van der Waals surface area contributed by atoms with E-state index >= 15 is 4.39 Å². The van der Waals surface area contributed by atoms with Crippen molar-refractivity contribution in [3.05, 3.63) is 75.1 Å². The second-order valence-corrected chi connectivity index (χ2v) is 24.0. The number of likely N-dealkylation sites (tertiary alicyclic amines) is 2. The number of nitrogens with zero attached hydrogens (tertiary/aromatic N) is 7. The number of β-amino-alcohol motifs (C(OH)–C–C–N with tert-alkyl or cyclic N) is 1. The number of hydrogen-bond donors (Lipinski definition) is 5. The van der Waals surface area contributed by atoms with Crippen LogP contribution in [-0.4, -0.2) is 155 Å². The molecule has 438 valence electrons. The molecule has 0 saturated carbocycles. The molecule has 4 fully saturated rings. The van der Waals surface area contributed by atoms with E-state index in [9.17, 15) is 32.7 Å². The molecule has 0 aliphatic carbocycles. The van der Waals surface area contributed by atoms with Crippen LogP contribution in [0.1, 0.15) is 101 Å². The lowest BCUT2D eigenvalue weighted by Gasteiger charge is -2.35. The molecule has 9 rings (SSSR count). The highest BCUT2D eigenvalue weighted by Crippen LogP contribution is 2.45. The van der Waals surface area contributed by atoms with Gasteiger partial charge in [0.05, 0.1) is 69.9 Å². The number of fused-ring (bicyclic) bond motifs is 3. The number of hydrogen-bond acceptors (Lipinski definition) is 16. The fourth-order valence-corrected chi connectivity index (χ4v) is 12.6. The summed E-state index contributed by atoms with van der Waals surface area (Å²) in [6, 6.07) is 8.34. The maximum atomic E-state index is 17.0. The minimum Gasteiger partial charge on any atom is -0.462 e. The molecule has 7 atom stereocenters. The Morgan fingerprint density at radius 2 is 1.68 bits per heavy atom. The zero-order valence-electron chi connectivity index (χ0n) is 46.5. The maximum absolute atomic E-state index is 17.0. The summed E-state index contributed by atoms with van der Waals surface area (Å²) >= 11 is 8.24. The number of carbonyl (C=O) groups excluding carboxylic acids is 3. The number of amides is 3. The van der Waals surface area contributed by atoms with Gasteiger partial charge in [-0.2, -0.15) is 23.1 Å². The van der Waals surface area contributed by atoms with Gasteiger partial charge in [-0.3, -0.25) is 19.3 Å². The summed E-state index contributed by atoms with van der Waals surface area (Å²) in [5, 5.41) is 20.1. The van der Waals surface area contributed by atoms with Gasteiger partial charge in [0.1, 0.15) is 35.8 Å². The molecule has 4 saturated heterocycles. The Kier molecular flexibility index (Phi) is 18.7. The number of aliphatic hydroxyl groups is 1. The number of halogens is 5. The van der Waals surface area contributed by atoms with E-state index in [2.05, 4.69) is 35.8 Å². The SMILES string of the molecule is Cc1cc(N)nc(-c2c(Cl)cc3c(N4CC5CCC(C4)N5)nc(OC[C@@H]4CCCN4CCCOCCOCCC(=O)N[C@H](C(=O)N4C[C@H](O)C[C@H]4C(=O)N[C@@H](C)c4ccc(-c5scnc5C)cc4)C(C)(C)C)nc3c2F)c1C(F)(F)F. The smallest absolute Gasteiger partial charge is 0.418 e. The van der Waals surface area contributed by atoms with Crippen molar-refractivity contribution in [1.82, 2.24) is 45.7 Å². The molecule has 6 N–H and O–H groups in total. The van der Waals surface area contributed by atoms with Gasteiger partial charge in [0.15, 0.2) is 5.82 Å². The van der Waals surface area contributed by atoms with Crippen molar-refractivity contribution in [1.29, 1.82) is 0 Å². The number of aliphatic hydroxyl groups excluding tert-OH is 1. The van der Waals surface area contributed by atoms with Crippen LogP contribution in [0.2, 0.25) is 5.02 Å². The number of thiazole rings is 1. The highest BCUT2D eigenvalue weighted by atomic mass is 35.5. The molecule has 2 bridgehead atoms. The summed E-state index contributed by atoms with van der Waals surface area (Å²) in [6.07, 6.45) is -1.36. The number of carbonyl (C=O) groups is 3. The number of nitrogens with one attached hydrogen (secondary N) is 3. The zero-order valence-corrected chi connectivity index (χ0v) is 48.1. The van der Waals surface area contributed by atoms with E-state index in [-0.39, 0.29) is 103 Å². The monoisotopic (exact) mass is 1170 g/mol. The van der Waals surface area contributed by atoms with Crippen LogP contribution in [0.3, 0.4) is 0 Å². The predicted octanol–water partition coefficient (Wildman–Crippen LogP) is 7.79. The number of alkyl halides is 3. The molecule has 0 radical (unpaired) electrons. The minimum atomic E-state index is -4.88. The fourth-order valence-electron chi connectivity index (χ4n) is 11.5. The molecule has 24 heteroatoms. The van der Waals surface area contributed by atoms with E-state index in [1.165, 1.54) is 17.9 Å². The second kappa shape index (κ2) is 25.4. The molecule has 18 nitrogen and oxygen atoms in total. The van der Waals surface area contributed by atoms with Crippen LogP contribution in [0.5, 0.6) is 6.01 Å².